The Labute approximate surface area is 237 Å². The Balaban J connectivity index is 1.58. The molecule has 1 saturated heterocycles. The smallest absolute Gasteiger partial charge is 0.406 e. The second-order valence-corrected chi connectivity index (χ2v) is 10.3. The molecule has 2 atom stereocenters. The lowest BCUT2D eigenvalue weighted by molar-refractivity contribution is -0.140. The molecular weight excluding hydrogens is 538 g/mol. The van der Waals surface area contributed by atoms with Crippen LogP contribution in [-0.2, 0) is 6.54 Å². The van der Waals surface area contributed by atoms with Crippen LogP contribution in [0.3, 0.4) is 0 Å². The number of carbonyl (C=O) groups is 1. The van der Waals surface area contributed by atoms with Crippen molar-refractivity contribution in [3.63, 3.8) is 0 Å². The average Bonchev–Trinajstić information content (AvgIpc) is 3.28. The summed E-state index contributed by atoms with van der Waals surface area (Å²) >= 11 is 0. The van der Waals surface area contributed by atoms with E-state index < -0.39 is 24.9 Å². The fourth-order valence-corrected chi connectivity index (χ4v) is 5.02. The van der Waals surface area contributed by atoms with Gasteiger partial charge in [-0.2, -0.15) is 13.2 Å². The normalized spacial score (nSPS) is 17.7. The summed E-state index contributed by atoms with van der Waals surface area (Å²) in [5.41, 5.74) is 2.15. The molecule has 220 valence electrons. The maximum absolute atomic E-state index is 15.0. The van der Waals surface area contributed by atoms with Crippen molar-refractivity contribution in [1.82, 2.24) is 14.8 Å². The minimum Gasteiger partial charge on any atom is -0.495 e. The number of rotatable bonds is 8. The van der Waals surface area contributed by atoms with Crippen LogP contribution in [0, 0.1) is 11.8 Å². The van der Waals surface area contributed by atoms with Crippen LogP contribution in [0.4, 0.5) is 28.9 Å². The highest BCUT2D eigenvalue weighted by Crippen LogP contribution is 2.32. The average molecular weight is 574 g/mol. The first-order chi connectivity index (χ1) is 19.5. The molecule has 3 aromatic rings. The van der Waals surface area contributed by atoms with Crippen LogP contribution in [0.25, 0.3) is 10.9 Å². The van der Waals surface area contributed by atoms with E-state index in [-0.39, 0.29) is 24.2 Å². The molecule has 1 fully saturated rings. The molecule has 0 radical (unpaired) electrons. The largest absolute Gasteiger partial charge is 0.495 e. The van der Waals surface area contributed by atoms with E-state index in [0.717, 1.165) is 11.1 Å². The van der Waals surface area contributed by atoms with Crippen LogP contribution < -0.4 is 20.7 Å². The van der Waals surface area contributed by atoms with E-state index in [4.69, 9.17) is 4.74 Å². The molecule has 4 rings (SSSR count). The third-order valence-electron chi connectivity index (χ3n) is 7.20. The molecule has 0 spiro atoms. The Kier molecular flexibility index (Phi) is 9.33. The van der Waals surface area contributed by atoms with Gasteiger partial charge in [0.05, 0.1) is 36.6 Å². The van der Waals surface area contributed by atoms with E-state index in [2.05, 4.69) is 32.7 Å². The molecule has 1 aliphatic heterocycles. The maximum Gasteiger partial charge on any atom is 0.406 e. The van der Waals surface area contributed by atoms with Crippen LogP contribution in [0.2, 0.25) is 0 Å². The summed E-state index contributed by atoms with van der Waals surface area (Å²) in [6.45, 7) is 4.02. The lowest BCUT2D eigenvalue weighted by atomic mass is 10.0. The molecule has 0 bridgehead atoms. The van der Waals surface area contributed by atoms with Gasteiger partial charge in [0.1, 0.15) is 18.5 Å². The summed E-state index contributed by atoms with van der Waals surface area (Å²) in [7, 11) is 3.00. The molecule has 2 heterocycles. The molecular formula is C30H35F4N5O2. The highest BCUT2D eigenvalue weighted by molar-refractivity contribution is 5.95. The van der Waals surface area contributed by atoms with Crippen molar-refractivity contribution >= 4 is 28.2 Å². The highest BCUT2D eigenvalue weighted by atomic mass is 19.4. The van der Waals surface area contributed by atoms with Crippen LogP contribution in [0.1, 0.15) is 36.3 Å². The Hall–Kier alpha value is -3.91. The number of carbonyl (C=O) groups excluding carboxylic acids is 1. The van der Waals surface area contributed by atoms with E-state index in [1.54, 1.807) is 42.5 Å². The molecule has 1 aromatic heterocycles. The number of benzene rings is 2. The Bertz CT molecular complexity index is 1440. The topological polar surface area (TPSA) is 70.6 Å². The number of likely N-dealkylation sites (tertiary alicyclic amines) is 1. The SMILES string of the molecule is CNC(=O)c1ccc(NCC#Cc2cc3c(NC4CCN(C(C)C)CC4F)cccc3n2CC(F)(F)F)c(OC)c1. The number of aromatic nitrogens is 1. The molecule has 2 unspecified atom stereocenters. The standard InChI is InChI=1S/C30H35F4N5O2/c1-19(2)38-14-12-25(23(31)17-38)37-24-8-5-9-27-22(24)16-21(39(27)18-30(32,33)34)7-6-13-36-26-11-10-20(29(40)35-3)15-28(26)41-4/h5,8-11,15-16,19,23,25,36-37H,12-14,17-18H2,1-4H3,(H,35,40). The van der Waals surface area contributed by atoms with Gasteiger partial charge in [-0.15, -0.1) is 0 Å². The van der Waals surface area contributed by atoms with Crippen molar-refractivity contribution in [3.05, 3.63) is 53.7 Å². The number of amides is 1. The zero-order chi connectivity index (χ0) is 29.7. The number of alkyl halides is 4. The Morgan fingerprint density at radius 2 is 1.95 bits per heavy atom. The van der Waals surface area contributed by atoms with Crippen molar-refractivity contribution in [2.75, 3.05) is 44.4 Å². The number of piperidine rings is 1. The number of fused-ring (bicyclic) bond motifs is 1. The highest BCUT2D eigenvalue weighted by Gasteiger charge is 2.32. The van der Waals surface area contributed by atoms with Gasteiger partial charge in [0.15, 0.2) is 0 Å². The van der Waals surface area contributed by atoms with Gasteiger partial charge < -0.3 is 25.3 Å². The molecule has 3 N–H and O–H groups in total. The van der Waals surface area contributed by atoms with E-state index in [1.165, 1.54) is 14.2 Å². The van der Waals surface area contributed by atoms with Gasteiger partial charge in [0, 0.05) is 42.8 Å². The molecule has 1 aliphatic rings. The first-order valence-electron chi connectivity index (χ1n) is 13.5. The third kappa shape index (κ3) is 7.24. The van der Waals surface area contributed by atoms with Gasteiger partial charge in [-0.1, -0.05) is 12.0 Å². The predicted octanol–water partition coefficient (Wildman–Crippen LogP) is 5.27. The van der Waals surface area contributed by atoms with E-state index in [9.17, 15) is 18.0 Å². The minimum atomic E-state index is -4.46. The van der Waals surface area contributed by atoms with Crippen LogP contribution in [0.5, 0.6) is 5.75 Å². The summed E-state index contributed by atoms with van der Waals surface area (Å²) in [5, 5.41) is 9.44. The molecule has 0 saturated carbocycles. The number of halogens is 4. The monoisotopic (exact) mass is 573 g/mol. The molecule has 7 nitrogen and oxygen atoms in total. The predicted molar refractivity (Wildman–Crippen MR) is 153 cm³/mol. The van der Waals surface area contributed by atoms with Crippen LogP contribution in [-0.4, -0.2) is 73.6 Å². The number of anilines is 2. The zero-order valence-corrected chi connectivity index (χ0v) is 23.5. The summed E-state index contributed by atoms with van der Waals surface area (Å²) in [4.78, 5) is 14.0. The van der Waals surface area contributed by atoms with Gasteiger partial charge >= 0.3 is 6.18 Å². The van der Waals surface area contributed by atoms with Gasteiger partial charge in [0.25, 0.3) is 5.91 Å². The first kappa shape index (κ1) is 30.1. The van der Waals surface area contributed by atoms with Gasteiger partial charge in [-0.05, 0) is 62.6 Å². The number of hydrogen-bond donors (Lipinski definition) is 3. The summed E-state index contributed by atoms with van der Waals surface area (Å²) < 4.78 is 62.2. The van der Waals surface area contributed by atoms with Gasteiger partial charge in [-0.25, -0.2) is 4.39 Å². The second kappa shape index (κ2) is 12.7. The fraction of sp³-hybridized carbons (Fsp3) is 0.433. The summed E-state index contributed by atoms with van der Waals surface area (Å²) in [6, 6.07) is 11.3. The molecule has 2 aromatic carbocycles. The van der Waals surface area contributed by atoms with E-state index in [0.29, 0.717) is 46.6 Å². The van der Waals surface area contributed by atoms with Gasteiger partial charge in [-0.3, -0.25) is 9.69 Å². The second-order valence-electron chi connectivity index (χ2n) is 10.3. The summed E-state index contributed by atoms with van der Waals surface area (Å²) in [6.07, 6.45) is -4.98. The molecule has 11 heteroatoms. The number of ether oxygens (including phenoxy) is 1. The third-order valence-corrected chi connectivity index (χ3v) is 7.20. The lowest BCUT2D eigenvalue weighted by Crippen LogP contribution is -2.50. The summed E-state index contributed by atoms with van der Waals surface area (Å²) in [5.74, 6) is 5.93. The Morgan fingerprint density at radius 3 is 2.61 bits per heavy atom. The van der Waals surface area contributed by atoms with Crippen molar-refractivity contribution in [2.45, 2.75) is 51.2 Å². The number of nitrogens with zero attached hydrogens (tertiary/aromatic N) is 2. The molecule has 0 aliphatic carbocycles. The van der Waals surface area contributed by atoms with Crippen molar-refractivity contribution in [3.8, 4) is 17.6 Å². The zero-order valence-electron chi connectivity index (χ0n) is 23.5. The minimum absolute atomic E-state index is 0.117. The maximum atomic E-state index is 15.0. The fourth-order valence-electron chi connectivity index (χ4n) is 5.02. The first-order valence-corrected chi connectivity index (χ1v) is 13.5. The van der Waals surface area contributed by atoms with Crippen molar-refractivity contribution in [2.24, 2.45) is 0 Å². The Morgan fingerprint density at radius 1 is 1.17 bits per heavy atom. The number of hydrogen-bond acceptors (Lipinski definition) is 5. The van der Waals surface area contributed by atoms with Gasteiger partial charge in [0.2, 0.25) is 0 Å². The molecule has 1 amide bonds. The van der Waals surface area contributed by atoms with Crippen molar-refractivity contribution in [1.29, 1.82) is 0 Å². The van der Waals surface area contributed by atoms with Crippen molar-refractivity contribution < 1.29 is 27.1 Å². The van der Waals surface area contributed by atoms with Crippen LogP contribution in [0.15, 0.2) is 42.5 Å². The number of nitrogens with one attached hydrogen (secondary N) is 3. The number of methoxy groups -OCH3 is 1. The lowest BCUT2D eigenvalue weighted by Gasteiger charge is -2.37. The quantitative estimate of drug-likeness (QED) is 0.253. The van der Waals surface area contributed by atoms with E-state index in [1.807, 2.05) is 13.8 Å². The van der Waals surface area contributed by atoms with E-state index >= 15 is 4.39 Å². The molecule has 41 heavy (non-hydrogen) atoms. The van der Waals surface area contributed by atoms with Crippen LogP contribution >= 0.6 is 0 Å².